The normalized spacial score (nSPS) is 29.8. The number of rotatable bonds is 3. The molecule has 2 aliphatic carbocycles. The number of halogens is 2. The minimum Gasteiger partial charge on any atom is -0.449 e. The van der Waals surface area contributed by atoms with Crippen LogP contribution in [0.2, 0.25) is 5.02 Å². The lowest BCUT2D eigenvalue weighted by Crippen LogP contribution is -2.35. The molecule has 2 aromatic rings. The van der Waals surface area contributed by atoms with Crippen LogP contribution in [0.3, 0.4) is 0 Å². The fourth-order valence-corrected chi connectivity index (χ4v) is 5.03. The third-order valence-electron chi connectivity index (χ3n) is 6.28. The van der Waals surface area contributed by atoms with Crippen molar-refractivity contribution >= 4 is 34.5 Å². The van der Waals surface area contributed by atoms with E-state index in [-0.39, 0.29) is 28.8 Å². The lowest BCUT2D eigenvalue weighted by atomic mass is 9.83. The van der Waals surface area contributed by atoms with Gasteiger partial charge in [0.1, 0.15) is 17.0 Å². The number of fused-ring (bicyclic) bond motifs is 2. The lowest BCUT2D eigenvalue weighted by molar-refractivity contribution is 0.143. The van der Waals surface area contributed by atoms with Crippen molar-refractivity contribution in [2.24, 2.45) is 17.6 Å². The number of pyridine rings is 2. The molecule has 5 rings (SSSR count). The monoisotopic (exact) mass is 434 g/mol. The van der Waals surface area contributed by atoms with Crippen LogP contribution in [0, 0.1) is 11.8 Å². The average molecular weight is 435 g/mol. The van der Waals surface area contributed by atoms with Gasteiger partial charge >= 0.3 is 6.16 Å². The minimum atomic E-state index is -1.62. The van der Waals surface area contributed by atoms with Crippen LogP contribution in [0.15, 0.2) is 29.3 Å². The molecule has 2 fully saturated rings. The zero-order valence-electron chi connectivity index (χ0n) is 15.9. The van der Waals surface area contributed by atoms with E-state index in [2.05, 4.69) is 20.7 Å². The first-order chi connectivity index (χ1) is 14.3. The van der Waals surface area contributed by atoms with Gasteiger partial charge < -0.3 is 25.0 Å². The average Bonchev–Trinajstić information content (AvgIpc) is 3.25. The third-order valence-corrected chi connectivity index (χ3v) is 6.62. The van der Waals surface area contributed by atoms with Gasteiger partial charge in [0, 0.05) is 31.7 Å². The van der Waals surface area contributed by atoms with Crippen molar-refractivity contribution in [3.8, 4) is 5.75 Å². The molecule has 0 amide bonds. The second-order valence-electron chi connectivity index (χ2n) is 8.14. The smallest absolute Gasteiger partial charge is 0.449 e. The third kappa shape index (κ3) is 3.04. The highest BCUT2D eigenvalue weighted by molar-refractivity contribution is 6.37. The molecule has 1 saturated heterocycles. The van der Waals surface area contributed by atoms with Crippen molar-refractivity contribution in [3.63, 3.8) is 0 Å². The van der Waals surface area contributed by atoms with E-state index in [9.17, 15) is 14.0 Å². The zero-order chi connectivity index (χ0) is 21.2. The summed E-state index contributed by atoms with van der Waals surface area (Å²) in [6.45, 7) is 1.43. The summed E-state index contributed by atoms with van der Waals surface area (Å²) in [6, 6.07) is -0.559. The van der Waals surface area contributed by atoms with E-state index in [1.165, 1.54) is 17.0 Å². The van der Waals surface area contributed by atoms with Gasteiger partial charge in [-0.3, -0.25) is 4.79 Å². The fraction of sp³-hybridized carbons (Fsp3) is 0.450. The molecule has 2 aromatic heterocycles. The molecule has 1 aliphatic heterocycles. The van der Waals surface area contributed by atoms with Crippen LogP contribution in [0.4, 0.5) is 15.0 Å². The van der Waals surface area contributed by atoms with Gasteiger partial charge in [-0.2, -0.15) is 0 Å². The largest absolute Gasteiger partial charge is 0.511 e. The number of nitrogens with zero attached hydrogens (tertiary/aromatic N) is 3. The zero-order valence-corrected chi connectivity index (χ0v) is 16.6. The van der Waals surface area contributed by atoms with E-state index in [4.69, 9.17) is 22.4 Å². The van der Waals surface area contributed by atoms with E-state index in [1.807, 2.05) is 6.08 Å². The number of nitrogens with two attached hydrogens (primary N) is 1. The molecule has 3 N–H and O–H groups in total. The van der Waals surface area contributed by atoms with Crippen molar-refractivity contribution in [1.29, 1.82) is 0 Å². The molecular formula is C20H20ClFN4O4. The molecule has 8 nitrogen and oxygen atoms in total. The predicted molar refractivity (Wildman–Crippen MR) is 109 cm³/mol. The van der Waals surface area contributed by atoms with Gasteiger partial charge in [-0.15, -0.1) is 0 Å². The maximum absolute atomic E-state index is 13.9. The maximum Gasteiger partial charge on any atom is 0.511 e. The molecule has 0 bridgehead atoms. The number of carboxylic acid groups (broad SMARTS) is 1. The van der Waals surface area contributed by atoms with Crippen molar-refractivity contribution in [2.75, 3.05) is 18.0 Å². The van der Waals surface area contributed by atoms with Crippen LogP contribution >= 0.6 is 11.6 Å². The minimum absolute atomic E-state index is 0.0272. The maximum atomic E-state index is 13.9. The van der Waals surface area contributed by atoms with Gasteiger partial charge in [0.05, 0.1) is 23.1 Å². The molecule has 1 saturated carbocycles. The Hall–Kier alpha value is -2.65. The molecule has 30 heavy (non-hydrogen) atoms. The van der Waals surface area contributed by atoms with E-state index < -0.39 is 29.5 Å². The second-order valence-corrected chi connectivity index (χ2v) is 8.52. The SMILES string of the molecule is N[C@@H]1C=CC[C@@H]2CN(c3ncc4c(=O)c(OC(=O)O)cn([C@@H]5C[C@@H]5F)c4c3Cl)C[C@@H]21. The molecule has 158 valence electrons. The van der Waals surface area contributed by atoms with Crippen molar-refractivity contribution < 1.29 is 19.0 Å². The number of carbonyl (C=O) groups is 1. The van der Waals surface area contributed by atoms with Crippen LogP contribution in [0.25, 0.3) is 10.9 Å². The summed E-state index contributed by atoms with van der Waals surface area (Å²) in [5.41, 5.74) is 5.93. The van der Waals surface area contributed by atoms with Crippen molar-refractivity contribution in [1.82, 2.24) is 9.55 Å². The summed E-state index contributed by atoms with van der Waals surface area (Å²) in [6.07, 6.45) is 5.18. The first-order valence-electron chi connectivity index (χ1n) is 9.80. The Kier molecular flexibility index (Phi) is 4.48. The molecular weight excluding hydrogens is 415 g/mol. The van der Waals surface area contributed by atoms with E-state index >= 15 is 0 Å². The van der Waals surface area contributed by atoms with Crippen LogP contribution in [-0.2, 0) is 0 Å². The van der Waals surface area contributed by atoms with Crippen LogP contribution in [-0.4, -0.2) is 46.1 Å². The molecule has 0 radical (unpaired) electrons. The van der Waals surface area contributed by atoms with Gasteiger partial charge in [0.25, 0.3) is 0 Å². The predicted octanol–water partition coefficient (Wildman–Crippen LogP) is 2.73. The topological polar surface area (TPSA) is 111 Å². The second kappa shape index (κ2) is 6.95. The standard InChI is InChI=1S/C20H20ClFN4O4/c21-16-17-10(18(27)15(30-20(28)29)8-26(17)14-4-12(14)22)5-24-19(16)25-6-9-2-1-3-13(23)11(9)7-25/h1,3,5,8-9,11-14H,2,4,6-7,23H2,(H,28,29)/t9-,11+,12+,13-,14-/m1/s1. The summed E-state index contributed by atoms with van der Waals surface area (Å²) >= 11 is 6.72. The molecule has 0 unspecified atom stereocenters. The van der Waals surface area contributed by atoms with Gasteiger partial charge in [0.2, 0.25) is 5.43 Å². The quantitative estimate of drug-likeness (QED) is 0.564. The number of alkyl halides is 1. The molecule has 0 aromatic carbocycles. The molecule has 3 heterocycles. The van der Waals surface area contributed by atoms with Crippen molar-refractivity contribution in [2.45, 2.75) is 31.1 Å². The first kappa shape index (κ1) is 19.3. The number of allylic oxidation sites excluding steroid dienone is 1. The van der Waals surface area contributed by atoms with Gasteiger partial charge in [0.15, 0.2) is 5.75 Å². The van der Waals surface area contributed by atoms with E-state index in [0.29, 0.717) is 23.8 Å². The summed E-state index contributed by atoms with van der Waals surface area (Å²) < 4.78 is 20.0. The highest BCUT2D eigenvalue weighted by Gasteiger charge is 2.42. The number of hydrogen-bond acceptors (Lipinski definition) is 6. The van der Waals surface area contributed by atoms with Crippen LogP contribution in [0.1, 0.15) is 18.9 Å². The number of ether oxygens (including phenoxy) is 1. The first-order valence-corrected chi connectivity index (χ1v) is 10.2. The van der Waals surface area contributed by atoms with Crippen LogP contribution < -0.4 is 20.8 Å². The Bertz CT molecular complexity index is 1140. The molecule has 10 heteroatoms. The Balaban J connectivity index is 1.62. The van der Waals surface area contributed by atoms with Crippen molar-refractivity contribution in [3.05, 3.63) is 39.8 Å². The molecule has 3 aliphatic rings. The Morgan fingerprint density at radius 3 is 2.83 bits per heavy atom. The Labute approximate surface area is 175 Å². The molecule has 5 atom stereocenters. The Morgan fingerprint density at radius 2 is 2.17 bits per heavy atom. The Morgan fingerprint density at radius 1 is 1.40 bits per heavy atom. The number of anilines is 1. The summed E-state index contributed by atoms with van der Waals surface area (Å²) in [7, 11) is 0. The summed E-state index contributed by atoms with van der Waals surface area (Å²) in [5, 5.41) is 9.25. The van der Waals surface area contributed by atoms with Gasteiger partial charge in [-0.25, -0.2) is 14.2 Å². The fourth-order valence-electron chi connectivity index (χ4n) is 4.67. The number of hydrogen-bond donors (Lipinski definition) is 2. The lowest BCUT2D eigenvalue weighted by Gasteiger charge is -2.25. The summed E-state index contributed by atoms with van der Waals surface area (Å²) in [5.74, 6) is 0.798. The van der Waals surface area contributed by atoms with E-state index in [0.717, 1.165) is 13.0 Å². The van der Waals surface area contributed by atoms with Gasteiger partial charge in [-0.1, -0.05) is 23.8 Å². The summed E-state index contributed by atoms with van der Waals surface area (Å²) in [4.78, 5) is 30.2. The number of aromatic nitrogens is 2. The van der Waals surface area contributed by atoms with E-state index in [1.54, 1.807) is 0 Å². The van der Waals surface area contributed by atoms with Gasteiger partial charge in [-0.05, 0) is 18.3 Å². The van der Waals surface area contributed by atoms with Crippen LogP contribution in [0.5, 0.6) is 5.75 Å². The highest BCUT2D eigenvalue weighted by atomic mass is 35.5. The molecule has 0 spiro atoms. The highest BCUT2D eigenvalue weighted by Crippen LogP contribution is 2.44.